The molecule has 5 heteroatoms. The van der Waals surface area contributed by atoms with Gasteiger partial charge >= 0.3 is 0 Å². The number of carbonyl (C=O) groups is 1. The number of aryl methyl sites for hydroxylation is 2. The minimum atomic E-state index is -0.00538. The van der Waals surface area contributed by atoms with E-state index >= 15 is 0 Å². The van der Waals surface area contributed by atoms with Gasteiger partial charge in [-0.05, 0) is 38.1 Å². The van der Waals surface area contributed by atoms with Crippen LogP contribution in [0.4, 0.5) is 0 Å². The van der Waals surface area contributed by atoms with Gasteiger partial charge < -0.3 is 14.6 Å². The van der Waals surface area contributed by atoms with Crippen molar-refractivity contribution in [3.63, 3.8) is 0 Å². The molecule has 3 aromatic rings. The summed E-state index contributed by atoms with van der Waals surface area (Å²) in [6.45, 7) is 5.67. The van der Waals surface area contributed by atoms with Crippen LogP contribution in [0.25, 0.3) is 11.0 Å². The predicted octanol–water partition coefficient (Wildman–Crippen LogP) is 3.24. The summed E-state index contributed by atoms with van der Waals surface area (Å²) >= 11 is 0. The Hall–Kier alpha value is -2.82. The molecule has 0 aliphatic heterocycles. The second kappa shape index (κ2) is 7.83. The number of para-hydroxylation sites is 2. The van der Waals surface area contributed by atoms with Crippen molar-refractivity contribution in [1.82, 2.24) is 14.9 Å². The Bertz CT molecular complexity index is 853. The Balaban J connectivity index is 1.43. The average Bonchev–Trinajstić information content (AvgIpc) is 2.92. The monoisotopic (exact) mass is 337 g/mol. The largest absolute Gasteiger partial charge is 0.493 e. The number of nitrogens with zero attached hydrogens (tertiary/aromatic N) is 2. The van der Waals surface area contributed by atoms with Gasteiger partial charge in [0.05, 0.1) is 24.1 Å². The van der Waals surface area contributed by atoms with E-state index in [0.717, 1.165) is 22.6 Å². The van der Waals surface area contributed by atoms with Crippen LogP contribution in [0, 0.1) is 13.8 Å². The second-order valence-corrected chi connectivity index (χ2v) is 6.06. The van der Waals surface area contributed by atoms with Gasteiger partial charge in [0.25, 0.3) is 0 Å². The van der Waals surface area contributed by atoms with Crippen LogP contribution in [0.2, 0.25) is 0 Å². The molecule has 25 heavy (non-hydrogen) atoms. The maximum atomic E-state index is 11.9. The summed E-state index contributed by atoms with van der Waals surface area (Å²) in [4.78, 5) is 16.5. The van der Waals surface area contributed by atoms with Crippen LogP contribution in [0.3, 0.4) is 0 Å². The van der Waals surface area contributed by atoms with E-state index in [-0.39, 0.29) is 5.91 Å². The Labute approximate surface area is 147 Å². The van der Waals surface area contributed by atoms with Crippen LogP contribution in [0.15, 0.2) is 48.5 Å². The molecule has 1 aromatic heterocycles. The minimum Gasteiger partial charge on any atom is -0.493 e. The highest BCUT2D eigenvalue weighted by Crippen LogP contribution is 2.15. The first-order valence-corrected chi connectivity index (χ1v) is 8.51. The zero-order valence-electron chi connectivity index (χ0n) is 14.7. The van der Waals surface area contributed by atoms with Crippen LogP contribution in [0.5, 0.6) is 5.75 Å². The fourth-order valence-corrected chi connectivity index (χ4v) is 2.77. The molecule has 0 fully saturated rings. The van der Waals surface area contributed by atoms with E-state index in [1.807, 2.05) is 62.4 Å². The minimum absolute atomic E-state index is 0.00538. The van der Waals surface area contributed by atoms with E-state index in [4.69, 9.17) is 4.74 Å². The highest BCUT2D eigenvalue weighted by atomic mass is 16.5. The number of amides is 1. The summed E-state index contributed by atoms with van der Waals surface area (Å²) < 4.78 is 7.71. The molecule has 130 valence electrons. The summed E-state index contributed by atoms with van der Waals surface area (Å²) in [6, 6.07) is 15.9. The summed E-state index contributed by atoms with van der Waals surface area (Å²) in [5.41, 5.74) is 3.27. The molecule has 0 unspecified atom stereocenters. The van der Waals surface area contributed by atoms with Crippen LogP contribution < -0.4 is 10.1 Å². The van der Waals surface area contributed by atoms with Gasteiger partial charge in [-0.3, -0.25) is 4.79 Å². The second-order valence-electron chi connectivity index (χ2n) is 6.06. The zero-order valence-corrected chi connectivity index (χ0v) is 14.7. The van der Waals surface area contributed by atoms with E-state index in [1.165, 1.54) is 5.56 Å². The van der Waals surface area contributed by atoms with E-state index < -0.39 is 0 Å². The number of aromatic nitrogens is 2. The number of benzene rings is 2. The van der Waals surface area contributed by atoms with Crippen LogP contribution in [-0.2, 0) is 11.3 Å². The number of rotatable bonds is 7. The number of nitrogens with one attached hydrogen (secondary N) is 1. The van der Waals surface area contributed by atoms with Crippen LogP contribution >= 0.6 is 0 Å². The molecule has 0 saturated heterocycles. The van der Waals surface area contributed by atoms with Crippen molar-refractivity contribution < 1.29 is 9.53 Å². The molecule has 1 N–H and O–H groups in total. The third-order valence-electron chi connectivity index (χ3n) is 4.12. The molecule has 0 aliphatic rings. The number of hydrogen-bond acceptors (Lipinski definition) is 3. The third kappa shape index (κ3) is 4.38. The third-order valence-corrected chi connectivity index (χ3v) is 4.12. The first kappa shape index (κ1) is 17.0. The Morgan fingerprint density at radius 3 is 2.68 bits per heavy atom. The van der Waals surface area contributed by atoms with Crippen LogP contribution in [0.1, 0.15) is 17.8 Å². The summed E-state index contributed by atoms with van der Waals surface area (Å²) in [7, 11) is 0. The van der Waals surface area contributed by atoms with E-state index in [9.17, 15) is 4.79 Å². The molecule has 1 amide bonds. The molecule has 3 rings (SSSR count). The van der Waals surface area contributed by atoms with Crippen molar-refractivity contribution in [2.75, 3.05) is 13.2 Å². The molecule has 2 aromatic carbocycles. The van der Waals surface area contributed by atoms with Crippen molar-refractivity contribution >= 4 is 16.9 Å². The number of fused-ring (bicyclic) bond motifs is 1. The molecule has 1 heterocycles. The smallest absolute Gasteiger partial charge is 0.223 e. The van der Waals surface area contributed by atoms with Crippen molar-refractivity contribution in [1.29, 1.82) is 0 Å². The van der Waals surface area contributed by atoms with Crippen molar-refractivity contribution in [3.05, 3.63) is 59.9 Å². The van der Waals surface area contributed by atoms with Crippen molar-refractivity contribution in [2.45, 2.75) is 26.8 Å². The van der Waals surface area contributed by atoms with Gasteiger partial charge in [-0.25, -0.2) is 4.98 Å². The Morgan fingerprint density at radius 1 is 1.12 bits per heavy atom. The SMILES string of the molecule is Cc1ccc(OCCC(=O)NCCn2c(C)nc3ccccc32)cc1. The number of carbonyl (C=O) groups excluding carboxylic acids is 1. The van der Waals surface area contributed by atoms with E-state index in [2.05, 4.69) is 14.9 Å². The van der Waals surface area contributed by atoms with E-state index in [1.54, 1.807) is 0 Å². The molecular formula is C20H23N3O2. The van der Waals surface area contributed by atoms with Gasteiger partial charge in [0.1, 0.15) is 11.6 Å². The summed E-state index contributed by atoms with van der Waals surface area (Å²) in [5.74, 6) is 1.74. The highest BCUT2D eigenvalue weighted by molar-refractivity contribution is 5.76. The highest BCUT2D eigenvalue weighted by Gasteiger charge is 2.07. The molecule has 0 bridgehead atoms. The van der Waals surface area contributed by atoms with Gasteiger partial charge in [0.2, 0.25) is 5.91 Å². The molecule has 0 atom stereocenters. The maximum Gasteiger partial charge on any atom is 0.223 e. The van der Waals surface area contributed by atoms with E-state index in [0.29, 0.717) is 26.1 Å². The first-order chi connectivity index (χ1) is 12.1. The molecule has 0 radical (unpaired) electrons. The lowest BCUT2D eigenvalue weighted by Gasteiger charge is -2.09. The van der Waals surface area contributed by atoms with Gasteiger partial charge in [0, 0.05) is 13.1 Å². The van der Waals surface area contributed by atoms with Crippen molar-refractivity contribution in [2.24, 2.45) is 0 Å². The van der Waals surface area contributed by atoms with Gasteiger partial charge in [-0.15, -0.1) is 0 Å². The summed E-state index contributed by atoms with van der Waals surface area (Å²) in [5, 5.41) is 2.94. The van der Waals surface area contributed by atoms with Gasteiger partial charge in [-0.1, -0.05) is 29.8 Å². The predicted molar refractivity (Wildman–Crippen MR) is 98.8 cm³/mol. The topological polar surface area (TPSA) is 56.1 Å². The Kier molecular flexibility index (Phi) is 5.33. The van der Waals surface area contributed by atoms with Crippen LogP contribution in [-0.4, -0.2) is 28.6 Å². The number of hydrogen-bond donors (Lipinski definition) is 1. The summed E-state index contributed by atoms with van der Waals surface area (Å²) in [6.07, 6.45) is 0.345. The standard InChI is InChI=1S/C20H23N3O2/c1-15-7-9-17(10-8-15)25-14-11-20(24)21-12-13-23-16(2)22-18-5-3-4-6-19(18)23/h3-10H,11-14H2,1-2H3,(H,21,24). The molecular weight excluding hydrogens is 314 g/mol. The number of imidazole rings is 1. The lowest BCUT2D eigenvalue weighted by molar-refractivity contribution is -0.121. The lowest BCUT2D eigenvalue weighted by Crippen LogP contribution is -2.28. The normalized spacial score (nSPS) is 10.8. The molecule has 0 spiro atoms. The zero-order chi connectivity index (χ0) is 17.6. The first-order valence-electron chi connectivity index (χ1n) is 8.51. The van der Waals surface area contributed by atoms with Gasteiger partial charge in [-0.2, -0.15) is 0 Å². The van der Waals surface area contributed by atoms with Gasteiger partial charge in [0.15, 0.2) is 0 Å². The lowest BCUT2D eigenvalue weighted by atomic mass is 10.2. The fraction of sp³-hybridized carbons (Fsp3) is 0.300. The number of ether oxygens (including phenoxy) is 1. The Morgan fingerprint density at radius 2 is 1.88 bits per heavy atom. The molecule has 0 aliphatic carbocycles. The quantitative estimate of drug-likeness (QED) is 0.720. The molecule has 0 saturated carbocycles. The average molecular weight is 337 g/mol. The fourth-order valence-electron chi connectivity index (χ4n) is 2.77. The molecule has 5 nitrogen and oxygen atoms in total. The maximum absolute atomic E-state index is 11.9. The van der Waals surface area contributed by atoms with Crippen molar-refractivity contribution in [3.8, 4) is 5.75 Å².